The third kappa shape index (κ3) is 4.73. The van der Waals surface area contributed by atoms with Crippen molar-refractivity contribution in [2.24, 2.45) is 0 Å². The second kappa shape index (κ2) is 8.38. The van der Waals surface area contributed by atoms with Crippen LogP contribution in [0.25, 0.3) is 0 Å². The summed E-state index contributed by atoms with van der Waals surface area (Å²) < 4.78 is 6.80. The number of hydrogen-bond acceptors (Lipinski definition) is 6. The minimum absolute atomic E-state index is 0.0492. The lowest BCUT2D eigenvalue weighted by atomic mass is 10.2. The fourth-order valence-corrected chi connectivity index (χ4v) is 2.51. The number of rotatable bonds is 8. The van der Waals surface area contributed by atoms with Gasteiger partial charge in [-0.05, 0) is 34.5 Å². The first-order valence-corrected chi connectivity index (χ1v) is 8.00. The molecule has 0 aliphatic carbocycles. The molecule has 0 bridgehead atoms. The molecule has 1 aromatic heterocycles. The molecular formula is C14H19N5O2S. The Kier molecular flexibility index (Phi) is 6.20. The predicted molar refractivity (Wildman–Crippen MR) is 83.7 cm³/mol. The van der Waals surface area contributed by atoms with E-state index >= 15 is 0 Å². The molecule has 7 nitrogen and oxygen atoms in total. The maximum absolute atomic E-state index is 11.9. The number of hydrogen-bond donors (Lipinski definition) is 1. The Morgan fingerprint density at radius 3 is 2.82 bits per heavy atom. The van der Waals surface area contributed by atoms with Crippen LogP contribution in [-0.4, -0.2) is 39.0 Å². The lowest BCUT2D eigenvalue weighted by Crippen LogP contribution is -2.24. The Morgan fingerprint density at radius 1 is 1.36 bits per heavy atom. The summed E-state index contributed by atoms with van der Waals surface area (Å²) in [5, 5.41) is 15.0. The average Bonchev–Trinajstić information content (AvgIpc) is 2.99. The molecule has 22 heavy (non-hydrogen) atoms. The van der Waals surface area contributed by atoms with E-state index in [4.69, 9.17) is 4.74 Å². The summed E-state index contributed by atoms with van der Waals surface area (Å²) in [7, 11) is 1.63. The zero-order chi connectivity index (χ0) is 15.8. The third-order valence-corrected chi connectivity index (χ3v) is 3.87. The molecule has 0 spiro atoms. The molecule has 0 saturated heterocycles. The van der Waals surface area contributed by atoms with E-state index in [0.29, 0.717) is 17.5 Å². The van der Waals surface area contributed by atoms with Crippen molar-refractivity contribution < 1.29 is 9.53 Å². The minimum Gasteiger partial charge on any atom is -0.497 e. The van der Waals surface area contributed by atoms with Crippen LogP contribution in [0.4, 0.5) is 0 Å². The number of nitrogens with one attached hydrogen (secondary N) is 1. The monoisotopic (exact) mass is 321 g/mol. The summed E-state index contributed by atoms with van der Waals surface area (Å²) in [6.07, 6.45) is 0.947. The molecule has 1 heterocycles. The van der Waals surface area contributed by atoms with Crippen molar-refractivity contribution in [2.45, 2.75) is 31.6 Å². The normalized spacial score (nSPS) is 10.5. The Bertz CT molecular complexity index is 600. The average molecular weight is 321 g/mol. The molecule has 0 atom stereocenters. The molecule has 2 aromatic rings. The quantitative estimate of drug-likeness (QED) is 0.742. The van der Waals surface area contributed by atoms with E-state index in [0.717, 1.165) is 24.3 Å². The van der Waals surface area contributed by atoms with Gasteiger partial charge in [0.2, 0.25) is 11.1 Å². The molecule has 0 fully saturated rings. The van der Waals surface area contributed by atoms with Gasteiger partial charge >= 0.3 is 0 Å². The van der Waals surface area contributed by atoms with E-state index in [-0.39, 0.29) is 5.91 Å². The molecule has 0 unspecified atom stereocenters. The molecule has 1 aromatic carbocycles. The molecule has 2 rings (SSSR count). The van der Waals surface area contributed by atoms with Gasteiger partial charge in [-0.1, -0.05) is 30.8 Å². The molecule has 0 aliphatic rings. The first-order chi connectivity index (χ1) is 10.7. The minimum atomic E-state index is -0.0492. The Labute approximate surface area is 133 Å². The maximum atomic E-state index is 11.9. The number of carbonyl (C=O) groups excluding carboxylic acids is 1. The van der Waals surface area contributed by atoms with Crippen molar-refractivity contribution in [2.75, 3.05) is 12.9 Å². The number of nitrogens with zero attached hydrogens (tertiary/aromatic N) is 4. The topological polar surface area (TPSA) is 81.9 Å². The number of aryl methyl sites for hydroxylation is 1. The third-order valence-electron chi connectivity index (χ3n) is 2.92. The lowest BCUT2D eigenvalue weighted by molar-refractivity contribution is -0.118. The van der Waals surface area contributed by atoms with Crippen LogP contribution in [0.3, 0.4) is 0 Å². The van der Waals surface area contributed by atoms with E-state index in [2.05, 4.69) is 27.8 Å². The number of benzene rings is 1. The summed E-state index contributed by atoms with van der Waals surface area (Å²) in [6, 6.07) is 7.59. The van der Waals surface area contributed by atoms with Crippen LogP contribution < -0.4 is 10.1 Å². The standard InChI is InChI=1S/C14H19N5O2S/c1-3-8-19-14(16-17-18-19)22-10-13(20)15-9-11-4-6-12(21-2)7-5-11/h4-7H,3,8-10H2,1-2H3,(H,15,20). The summed E-state index contributed by atoms with van der Waals surface area (Å²) in [6.45, 7) is 3.30. The predicted octanol–water partition coefficient (Wildman–Crippen LogP) is 1.50. The summed E-state index contributed by atoms with van der Waals surface area (Å²) >= 11 is 1.34. The van der Waals surface area contributed by atoms with Gasteiger partial charge in [-0.3, -0.25) is 4.79 Å². The lowest BCUT2D eigenvalue weighted by Gasteiger charge is -2.06. The van der Waals surface area contributed by atoms with Crippen molar-refractivity contribution >= 4 is 17.7 Å². The Hall–Kier alpha value is -2.09. The second-order valence-electron chi connectivity index (χ2n) is 4.60. The highest BCUT2D eigenvalue weighted by atomic mass is 32.2. The van der Waals surface area contributed by atoms with E-state index in [9.17, 15) is 4.79 Å². The van der Waals surface area contributed by atoms with E-state index in [1.165, 1.54) is 11.8 Å². The van der Waals surface area contributed by atoms with Gasteiger partial charge < -0.3 is 10.1 Å². The highest BCUT2D eigenvalue weighted by molar-refractivity contribution is 7.99. The molecule has 1 N–H and O–H groups in total. The van der Waals surface area contributed by atoms with Crippen molar-refractivity contribution in [3.05, 3.63) is 29.8 Å². The molecule has 0 saturated carbocycles. The highest BCUT2D eigenvalue weighted by Gasteiger charge is 2.09. The van der Waals surface area contributed by atoms with E-state index in [1.54, 1.807) is 11.8 Å². The number of aromatic nitrogens is 4. The second-order valence-corrected chi connectivity index (χ2v) is 5.54. The first-order valence-electron chi connectivity index (χ1n) is 7.01. The van der Waals surface area contributed by atoms with Gasteiger partial charge in [0.15, 0.2) is 0 Å². The fourth-order valence-electron chi connectivity index (χ4n) is 1.78. The summed E-state index contributed by atoms with van der Waals surface area (Å²) in [5.74, 6) is 1.04. The van der Waals surface area contributed by atoms with Gasteiger partial charge in [-0.2, -0.15) is 0 Å². The van der Waals surface area contributed by atoms with Gasteiger partial charge in [-0.15, -0.1) is 5.10 Å². The van der Waals surface area contributed by atoms with Crippen molar-refractivity contribution in [1.82, 2.24) is 25.5 Å². The number of amides is 1. The van der Waals surface area contributed by atoms with Crippen LogP contribution in [-0.2, 0) is 17.9 Å². The number of ether oxygens (including phenoxy) is 1. The van der Waals surface area contributed by atoms with Crippen LogP contribution in [0.1, 0.15) is 18.9 Å². The van der Waals surface area contributed by atoms with Crippen LogP contribution in [0, 0.1) is 0 Å². The zero-order valence-corrected chi connectivity index (χ0v) is 13.5. The van der Waals surface area contributed by atoms with Gasteiger partial charge in [-0.25, -0.2) is 4.68 Å². The number of methoxy groups -OCH3 is 1. The number of tetrazole rings is 1. The number of thioether (sulfide) groups is 1. The van der Waals surface area contributed by atoms with Crippen molar-refractivity contribution in [3.63, 3.8) is 0 Å². The SMILES string of the molecule is CCCn1nnnc1SCC(=O)NCc1ccc(OC)cc1. The van der Waals surface area contributed by atoms with Crippen LogP contribution in [0.15, 0.2) is 29.4 Å². The van der Waals surface area contributed by atoms with E-state index < -0.39 is 0 Å². The highest BCUT2D eigenvalue weighted by Crippen LogP contribution is 2.14. The molecule has 0 aliphatic heterocycles. The largest absolute Gasteiger partial charge is 0.497 e. The van der Waals surface area contributed by atoms with Gasteiger partial charge in [0.25, 0.3) is 0 Å². The molecular weight excluding hydrogens is 302 g/mol. The van der Waals surface area contributed by atoms with Crippen LogP contribution in [0.2, 0.25) is 0 Å². The van der Waals surface area contributed by atoms with Gasteiger partial charge in [0.1, 0.15) is 5.75 Å². The van der Waals surface area contributed by atoms with Gasteiger partial charge in [0, 0.05) is 13.1 Å². The fraction of sp³-hybridized carbons (Fsp3) is 0.429. The van der Waals surface area contributed by atoms with Gasteiger partial charge in [0.05, 0.1) is 12.9 Å². The maximum Gasteiger partial charge on any atom is 0.230 e. The van der Waals surface area contributed by atoms with Crippen LogP contribution in [0.5, 0.6) is 5.75 Å². The smallest absolute Gasteiger partial charge is 0.230 e. The number of carbonyl (C=O) groups is 1. The summed E-state index contributed by atoms with van der Waals surface area (Å²) in [5.41, 5.74) is 1.02. The summed E-state index contributed by atoms with van der Waals surface area (Å²) in [4.78, 5) is 11.9. The molecule has 8 heteroatoms. The Balaban J connectivity index is 1.76. The van der Waals surface area contributed by atoms with Crippen molar-refractivity contribution in [1.29, 1.82) is 0 Å². The van der Waals surface area contributed by atoms with Crippen molar-refractivity contribution in [3.8, 4) is 5.75 Å². The van der Waals surface area contributed by atoms with E-state index in [1.807, 2.05) is 24.3 Å². The first kappa shape index (κ1) is 16.3. The Morgan fingerprint density at radius 2 is 2.14 bits per heavy atom. The molecule has 0 radical (unpaired) electrons. The van der Waals surface area contributed by atoms with Crippen LogP contribution >= 0.6 is 11.8 Å². The molecule has 1 amide bonds. The molecule has 118 valence electrons. The zero-order valence-electron chi connectivity index (χ0n) is 12.7.